The molecule has 0 bridgehead atoms. The molecule has 0 aromatic rings. The topological polar surface area (TPSA) is 69.6 Å². The number of piperidine rings is 1. The normalized spacial score (nSPS) is 18.4. The summed E-state index contributed by atoms with van der Waals surface area (Å²) in [6, 6.07) is 0. The van der Waals surface area contributed by atoms with Gasteiger partial charge in [-0.15, -0.1) is 0 Å². The fourth-order valence-electron chi connectivity index (χ4n) is 3.19. The SMILES string of the molecule is CC(C)C(=O)N1CCC(C(=O)NCC(C)(C)C(O)C(C)C)CC1. The maximum Gasteiger partial charge on any atom is 0.225 e. The first-order valence-corrected chi connectivity index (χ1v) is 8.80. The highest BCUT2D eigenvalue weighted by molar-refractivity contribution is 5.80. The molecule has 0 aromatic heterocycles. The molecule has 1 heterocycles. The highest BCUT2D eigenvalue weighted by Gasteiger charge is 2.32. The van der Waals surface area contributed by atoms with Crippen LogP contribution in [0.2, 0.25) is 0 Å². The predicted molar refractivity (Wildman–Crippen MR) is 91.8 cm³/mol. The number of likely N-dealkylation sites (tertiary alicyclic amines) is 1. The summed E-state index contributed by atoms with van der Waals surface area (Å²) in [5, 5.41) is 13.2. The first-order valence-electron chi connectivity index (χ1n) is 8.80. The summed E-state index contributed by atoms with van der Waals surface area (Å²) in [6.07, 6.45) is 0.989. The zero-order chi connectivity index (χ0) is 17.8. The maximum atomic E-state index is 12.4. The van der Waals surface area contributed by atoms with Gasteiger partial charge >= 0.3 is 0 Å². The molecule has 5 nitrogen and oxygen atoms in total. The molecule has 0 saturated carbocycles. The summed E-state index contributed by atoms with van der Waals surface area (Å²) < 4.78 is 0. The van der Waals surface area contributed by atoms with Crippen molar-refractivity contribution in [2.75, 3.05) is 19.6 Å². The van der Waals surface area contributed by atoms with Gasteiger partial charge in [-0.2, -0.15) is 0 Å². The van der Waals surface area contributed by atoms with Crippen molar-refractivity contribution in [3.63, 3.8) is 0 Å². The Bertz CT molecular complexity index is 410. The van der Waals surface area contributed by atoms with Crippen molar-refractivity contribution < 1.29 is 14.7 Å². The minimum atomic E-state index is -0.451. The van der Waals surface area contributed by atoms with Crippen LogP contribution in [0.1, 0.15) is 54.4 Å². The lowest BCUT2D eigenvalue weighted by Crippen LogP contribution is -2.48. The lowest BCUT2D eigenvalue weighted by Gasteiger charge is -2.35. The third-order valence-corrected chi connectivity index (χ3v) is 4.82. The number of carbonyl (C=O) groups excluding carboxylic acids is 2. The number of nitrogens with zero attached hydrogens (tertiary/aromatic N) is 1. The number of carbonyl (C=O) groups is 2. The third-order valence-electron chi connectivity index (χ3n) is 4.82. The Kier molecular flexibility index (Phi) is 7.05. The van der Waals surface area contributed by atoms with E-state index in [4.69, 9.17) is 0 Å². The Morgan fingerprint density at radius 1 is 1.17 bits per heavy atom. The van der Waals surface area contributed by atoms with E-state index in [-0.39, 0.29) is 35.0 Å². The van der Waals surface area contributed by atoms with Gasteiger partial charge in [0.1, 0.15) is 0 Å². The molecule has 1 unspecified atom stereocenters. The highest BCUT2D eigenvalue weighted by atomic mass is 16.3. The number of hydrogen-bond donors (Lipinski definition) is 2. The van der Waals surface area contributed by atoms with Crippen molar-refractivity contribution in [1.82, 2.24) is 10.2 Å². The van der Waals surface area contributed by atoms with Gasteiger partial charge < -0.3 is 15.3 Å². The van der Waals surface area contributed by atoms with Crippen LogP contribution in [0, 0.1) is 23.2 Å². The Morgan fingerprint density at radius 3 is 2.13 bits per heavy atom. The van der Waals surface area contributed by atoms with Crippen molar-refractivity contribution in [1.29, 1.82) is 0 Å². The van der Waals surface area contributed by atoms with Crippen molar-refractivity contribution in [3.8, 4) is 0 Å². The molecule has 1 rings (SSSR count). The molecular formula is C18H34N2O3. The quantitative estimate of drug-likeness (QED) is 0.785. The fraction of sp³-hybridized carbons (Fsp3) is 0.889. The second kappa shape index (κ2) is 8.13. The van der Waals surface area contributed by atoms with Gasteiger partial charge in [0.05, 0.1) is 6.10 Å². The summed E-state index contributed by atoms with van der Waals surface area (Å²) >= 11 is 0. The third kappa shape index (κ3) is 5.48. The number of nitrogens with one attached hydrogen (secondary N) is 1. The average Bonchev–Trinajstić information content (AvgIpc) is 2.51. The summed E-state index contributed by atoms with van der Waals surface area (Å²) in [5.74, 6) is 0.361. The number of hydrogen-bond acceptors (Lipinski definition) is 3. The molecule has 0 aromatic carbocycles. The van der Waals surface area contributed by atoms with Crippen LogP contribution in [-0.2, 0) is 9.59 Å². The molecule has 1 aliphatic heterocycles. The Labute approximate surface area is 140 Å². The van der Waals surface area contributed by atoms with Crippen LogP contribution < -0.4 is 5.32 Å². The molecule has 0 aliphatic carbocycles. The summed E-state index contributed by atoms with van der Waals surface area (Å²) in [6.45, 7) is 13.5. The summed E-state index contributed by atoms with van der Waals surface area (Å²) in [5.41, 5.74) is -0.349. The van der Waals surface area contributed by atoms with Crippen molar-refractivity contribution in [2.24, 2.45) is 23.2 Å². The molecule has 1 aliphatic rings. The van der Waals surface area contributed by atoms with E-state index in [9.17, 15) is 14.7 Å². The van der Waals surface area contributed by atoms with Gasteiger partial charge in [-0.25, -0.2) is 0 Å². The Balaban J connectivity index is 2.45. The number of rotatable bonds is 6. The lowest BCUT2D eigenvalue weighted by atomic mass is 9.80. The van der Waals surface area contributed by atoms with Gasteiger partial charge in [0, 0.05) is 36.9 Å². The van der Waals surface area contributed by atoms with Crippen molar-refractivity contribution >= 4 is 11.8 Å². The zero-order valence-electron chi connectivity index (χ0n) is 15.6. The lowest BCUT2D eigenvalue weighted by molar-refractivity contribution is -0.138. The van der Waals surface area contributed by atoms with Crippen LogP contribution in [0.25, 0.3) is 0 Å². The molecule has 0 spiro atoms. The molecule has 23 heavy (non-hydrogen) atoms. The van der Waals surface area contributed by atoms with Crippen LogP contribution in [0.3, 0.4) is 0 Å². The van der Waals surface area contributed by atoms with Gasteiger partial charge in [-0.05, 0) is 18.8 Å². The monoisotopic (exact) mass is 326 g/mol. The molecule has 1 atom stereocenters. The second-order valence-corrected chi connectivity index (χ2v) is 8.15. The van der Waals surface area contributed by atoms with Crippen LogP contribution in [0.15, 0.2) is 0 Å². The smallest absolute Gasteiger partial charge is 0.225 e. The standard InChI is InChI=1S/C18H34N2O3/c1-12(2)15(21)18(5,6)11-19-16(22)14-7-9-20(10-8-14)17(23)13(3)4/h12-15,21H,7-11H2,1-6H3,(H,19,22). The van der Waals surface area contributed by atoms with E-state index in [0.29, 0.717) is 19.6 Å². The first kappa shape index (κ1) is 19.9. The van der Waals surface area contributed by atoms with E-state index in [2.05, 4.69) is 5.32 Å². The second-order valence-electron chi connectivity index (χ2n) is 8.15. The van der Waals surface area contributed by atoms with Gasteiger partial charge in [0.25, 0.3) is 0 Å². The molecule has 1 saturated heterocycles. The number of aliphatic hydroxyl groups is 1. The minimum absolute atomic E-state index is 0.0127. The molecular weight excluding hydrogens is 292 g/mol. The van der Waals surface area contributed by atoms with Crippen molar-refractivity contribution in [3.05, 3.63) is 0 Å². The first-order chi connectivity index (χ1) is 10.6. The van der Waals surface area contributed by atoms with Gasteiger partial charge in [0.2, 0.25) is 11.8 Å². The molecule has 2 amide bonds. The minimum Gasteiger partial charge on any atom is -0.392 e. The van der Waals surface area contributed by atoms with Gasteiger partial charge in [0.15, 0.2) is 0 Å². The van der Waals surface area contributed by atoms with Crippen LogP contribution in [-0.4, -0.2) is 47.6 Å². The van der Waals surface area contributed by atoms with Crippen LogP contribution in [0.5, 0.6) is 0 Å². The Morgan fingerprint density at radius 2 is 1.70 bits per heavy atom. The van der Waals surface area contributed by atoms with Crippen LogP contribution >= 0.6 is 0 Å². The van der Waals surface area contributed by atoms with E-state index in [0.717, 1.165) is 12.8 Å². The zero-order valence-corrected chi connectivity index (χ0v) is 15.6. The van der Waals surface area contributed by atoms with E-state index >= 15 is 0 Å². The molecule has 134 valence electrons. The fourth-order valence-corrected chi connectivity index (χ4v) is 3.19. The summed E-state index contributed by atoms with van der Waals surface area (Å²) in [7, 11) is 0. The maximum absolute atomic E-state index is 12.4. The van der Waals surface area contributed by atoms with Crippen molar-refractivity contribution in [2.45, 2.75) is 60.5 Å². The van der Waals surface area contributed by atoms with E-state index in [1.807, 2.05) is 46.4 Å². The van der Waals surface area contributed by atoms with E-state index in [1.165, 1.54) is 0 Å². The van der Waals surface area contributed by atoms with E-state index < -0.39 is 6.10 Å². The molecule has 0 radical (unpaired) electrons. The number of aliphatic hydroxyl groups excluding tert-OH is 1. The van der Waals surface area contributed by atoms with Gasteiger partial charge in [-0.3, -0.25) is 9.59 Å². The van der Waals surface area contributed by atoms with E-state index in [1.54, 1.807) is 0 Å². The average molecular weight is 326 g/mol. The summed E-state index contributed by atoms with van der Waals surface area (Å²) in [4.78, 5) is 26.2. The molecule has 2 N–H and O–H groups in total. The highest BCUT2D eigenvalue weighted by Crippen LogP contribution is 2.26. The van der Waals surface area contributed by atoms with Gasteiger partial charge in [-0.1, -0.05) is 41.5 Å². The largest absolute Gasteiger partial charge is 0.392 e. The number of amides is 2. The Hall–Kier alpha value is -1.10. The molecule has 1 fully saturated rings. The van der Waals surface area contributed by atoms with Crippen LogP contribution in [0.4, 0.5) is 0 Å². The molecule has 5 heteroatoms. The predicted octanol–water partition coefficient (Wildman–Crippen LogP) is 2.04.